The number of piperidine rings is 7. The van der Waals surface area contributed by atoms with Crippen LogP contribution in [0.1, 0.15) is 260 Å². The van der Waals surface area contributed by atoms with Gasteiger partial charge in [0.1, 0.15) is 36.3 Å². The van der Waals surface area contributed by atoms with Crippen molar-refractivity contribution in [2.45, 2.75) is 241 Å². The standard InChI is InChI=1S/C24H25NO3.C17H23NO3S.2C17H21NO3.C16H18FNO2.C14H23NO3.C11H17NO2/c1-3-13-24(2)14-8-15-25(22(24)26)23(27)28-16-21-19-11-6-4-9-17(19)18-10-5-7-12-20(18)21;1-4-10-17(3)11-5-12-18(16(17)19)13-22(20,21)15-8-6-14(2)7-9-15;1-4-10-17(2)11-5-12-18(16(17)20)15(19)13-6-8-14(21-3)9-7-13;1-3-10-17(2)11-7-12-18(15(17)19)16(20)21-13-14-8-5-4-6-9-14;1-3-9-16(2)10-4-11-18(15(16)20)14(19)12-5-7-13(17)8-6-12;1-6-8-14(5)9-7-10-15(11(14)16)12(17)18-13(2,3)4;1-4-6-11(3)7-5-8-12(9(2)13)10(11)14/h3-7,9-12,21H,1,8,13-16H2,2H3;4,6-9H,1,5,10-13H2,2-3H3;4,6-9H,1,5,10-12H2,2-3H3;3-6,8-9H,1,7,10-13H2,2H3;3,5-8H,1,4,9-11H2,2H3;6H,1,7-10H2,2-5H3;4H,1,5-8H2,2-3H3/t24-;3*17-;16-;14-;11-/m1111111/s1. The summed E-state index contributed by atoms with van der Waals surface area (Å²) in [5.41, 5.74) is 3.25. The van der Waals surface area contributed by atoms with Gasteiger partial charge in [-0.1, -0.05) is 188 Å². The molecule has 0 bridgehead atoms. The molecule has 28 heteroatoms. The highest BCUT2D eigenvalue weighted by Gasteiger charge is 2.49. The fourth-order valence-corrected chi connectivity index (χ4v) is 20.9. The van der Waals surface area contributed by atoms with Crippen molar-refractivity contribution in [3.63, 3.8) is 0 Å². The van der Waals surface area contributed by atoms with E-state index in [-0.39, 0.29) is 89.0 Å². The van der Waals surface area contributed by atoms with Crippen molar-refractivity contribution in [2.24, 2.45) is 37.9 Å². The van der Waals surface area contributed by atoms with Gasteiger partial charge in [-0.2, -0.15) is 0 Å². The van der Waals surface area contributed by atoms with E-state index >= 15 is 0 Å². The quantitative estimate of drug-likeness (QED) is 0.0309. The lowest BCUT2D eigenvalue weighted by molar-refractivity contribution is -0.154. The minimum Gasteiger partial charge on any atom is -0.497 e. The number of imide groups is 6. The predicted octanol–water partition coefficient (Wildman–Crippen LogP) is 22.7. The first kappa shape index (κ1) is 116. The SMILES string of the molecule is C=CC[C@]1(C)CCCN(C(=O)OC(C)(C)C)C1=O.C=CC[C@]1(C)CCCN(C(=O)OCC2c3ccccc3-c3ccccc32)C1=O.C=CC[C@]1(C)CCCN(C(=O)OCc2ccccc2)C1=O.C=CC[C@]1(C)CCCN(C(=O)c2ccc(F)cc2)C1=O.C=CC[C@]1(C)CCCN(C(=O)c2ccc(OC)cc2)C1=O.C=CC[C@]1(C)CCCN(C(C)=O)C1=O.C=CC[C@]1(C)CCCN(CS(=O)(=O)c2ccc(C)cc2)C1=O. The highest BCUT2D eigenvalue weighted by Crippen LogP contribution is 2.47. The van der Waals surface area contributed by atoms with Crippen LogP contribution in [-0.2, 0) is 69.0 Å². The molecule has 0 unspecified atom stereocenters. The number of allylic oxidation sites excluding steroid dienone is 7. The molecule has 6 aromatic carbocycles. The molecule has 0 spiro atoms. The van der Waals surface area contributed by atoms with Gasteiger partial charge in [0, 0.05) is 69.8 Å². The first-order chi connectivity index (χ1) is 68.1. The number of rotatable bonds is 24. The summed E-state index contributed by atoms with van der Waals surface area (Å²) in [5, 5.41) is 0. The number of fused-ring (bicyclic) bond motifs is 3. The van der Waals surface area contributed by atoms with Crippen molar-refractivity contribution >= 4 is 87.2 Å². The van der Waals surface area contributed by atoms with Crippen molar-refractivity contribution in [1.82, 2.24) is 34.3 Å². The second kappa shape index (κ2) is 51.9. The maximum Gasteiger partial charge on any atom is 0.417 e. The van der Waals surface area contributed by atoms with Crippen LogP contribution in [0.2, 0.25) is 0 Å². The summed E-state index contributed by atoms with van der Waals surface area (Å²) >= 11 is 0. The second-order valence-corrected chi connectivity index (χ2v) is 43.1. The van der Waals surface area contributed by atoms with E-state index in [1.165, 1.54) is 76.6 Å². The first-order valence-electron chi connectivity index (χ1n) is 49.6. The fourth-order valence-electron chi connectivity index (χ4n) is 19.6. The molecule has 0 saturated carbocycles. The Balaban J connectivity index is 0.000000207. The molecule has 7 fully saturated rings. The number of nitrogens with zero attached hydrogens (tertiary/aromatic N) is 7. The average Bonchev–Trinajstić information content (AvgIpc) is 1.61. The Hall–Kier alpha value is -13.1. The van der Waals surface area contributed by atoms with Gasteiger partial charge in [-0.05, 0) is 251 Å². The molecular formula is C116H148FN7O19S. The molecule has 144 heavy (non-hydrogen) atoms. The molecule has 0 radical (unpaired) electrons. The normalized spacial score (nSPS) is 22.9. The first-order valence-corrected chi connectivity index (χ1v) is 51.3. The number of ether oxygens (including phenoxy) is 4. The zero-order valence-electron chi connectivity index (χ0n) is 86.6. The predicted molar refractivity (Wildman–Crippen MR) is 557 cm³/mol. The molecule has 0 aromatic heterocycles. The average molecular weight is 2000 g/mol. The van der Waals surface area contributed by atoms with Crippen molar-refractivity contribution in [1.29, 1.82) is 0 Å². The van der Waals surface area contributed by atoms with Crippen molar-refractivity contribution < 1.29 is 94.1 Å². The zero-order valence-corrected chi connectivity index (χ0v) is 87.4. The van der Waals surface area contributed by atoms with Gasteiger partial charge in [0.15, 0.2) is 9.84 Å². The molecule has 1 aliphatic carbocycles. The van der Waals surface area contributed by atoms with Crippen LogP contribution in [0.4, 0.5) is 18.8 Å². The summed E-state index contributed by atoms with van der Waals surface area (Å²) in [4.78, 5) is 170. The Bertz CT molecular complexity index is 5710. The van der Waals surface area contributed by atoms with Crippen molar-refractivity contribution in [2.75, 3.05) is 65.4 Å². The summed E-state index contributed by atoms with van der Waals surface area (Å²) in [6, 6.07) is 44.7. The Morgan fingerprint density at radius 1 is 0.396 bits per heavy atom. The van der Waals surface area contributed by atoms with Crippen LogP contribution in [0.25, 0.3) is 11.1 Å². The van der Waals surface area contributed by atoms with Crippen LogP contribution in [0.5, 0.6) is 5.75 Å². The Morgan fingerprint density at radius 3 is 1.07 bits per heavy atom. The molecule has 13 amide bonds. The van der Waals surface area contributed by atoms with Crippen LogP contribution in [0.15, 0.2) is 245 Å². The summed E-state index contributed by atoms with van der Waals surface area (Å²) in [6.07, 6.45) is 25.9. The third-order valence-electron chi connectivity index (χ3n) is 28.0. The van der Waals surface area contributed by atoms with E-state index < -0.39 is 77.4 Å². The van der Waals surface area contributed by atoms with E-state index in [9.17, 15) is 75.1 Å². The number of aryl methyl sites for hydroxylation is 1. The largest absolute Gasteiger partial charge is 0.497 e. The van der Waals surface area contributed by atoms with Crippen LogP contribution < -0.4 is 4.74 Å². The molecule has 0 N–H and O–H groups in total. The van der Waals surface area contributed by atoms with Crippen LogP contribution in [0.3, 0.4) is 0 Å². The van der Waals surface area contributed by atoms with Crippen molar-refractivity contribution in [3.05, 3.63) is 279 Å². The fraction of sp³-hybridized carbons (Fsp3) is 0.457. The number of methoxy groups -OCH3 is 1. The third kappa shape index (κ3) is 29.8. The van der Waals surface area contributed by atoms with Gasteiger partial charge < -0.3 is 23.8 Å². The van der Waals surface area contributed by atoms with E-state index in [1.807, 2.05) is 110 Å². The van der Waals surface area contributed by atoms with E-state index in [1.54, 1.807) is 119 Å². The number of carbonyl (C=O) groups excluding carboxylic acids is 13. The number of carbonyl (C=O) groups is 13. The molecule has 774 valence electrons. The van der Waals surface area contributed by atoms with Crippen LogP contribution in [-0.4, -0.2) is 191 Å². The molecule has 6 aromatic rings. The minimum absolute atomic E-state index is 0.00389. The van der Waals surface area contributed by atoms with Gasteiger partial charge in [0.05, 0.1) is 49.9 Å². The molecular weight excluding hydrogens is 1850 g/mol. The topological polar surface area (TPSA) is 316 Å². The minimum atomic E-state index is -3.50. The van der Waals surface area contributed by atoms with Gasteiger partial charge in [-0.3, -0.25) is 62.6 Å². The maximum absolute atomic E-state index is 12.9. The summed E-state index contributed by atoms with van der Waals surface area (Å²) < 4.78 is 59.2. The smallest absolute Gasteiger partial charge is 0.417 e. The Labute approximate surface area is 851 Å². The molecule has 7 atom stereocenters. The van der Waals surface area contributed by atoms with Crippen LogP contribution in [0, 0.1) is 50.6 Å². The molecule has 26 nitrogen and oxygen atoms in total. The van der Waals surface area contributed by atoms with E-state index in [2.05, 4.69) is 70.3 Å². The number of hydrogen-bond donors (Lipinski definition) is 0. The highest BCUT2D eigenvalue weighted by molar-refractivity contribution is 7.91. The monoisotopic (exact) mass is 1990 g/mol. The lowest BCUT2D eigenvalue weighted by Gasteiger charge is -2.38. The lowest BCUT2D eigenvalue weighted by atomic mass is 9.78. The zero-order chi connectivity index (χ0) is 106. The van der Waals surface area contributed by atoms with Gasteiger partial charge in [-0.15, -0.1) is 46.1 Å². The van der Waals surface area contributed by atoms with E-state index in [4.69, 9.17) is 18.9 Å². The molecule has 7 heterocycles. The molecule has 7 aliphatic heterocycles. The number of sulfone groups is 1. The van der Waals surface area contributed by atoms with Crippen molar-refractivity contribution in [3.8, 4) is 16.9 Å². The number of amides is 13. The van der Waals surface area contributed by atoms with Gasteiger partial charge in [0.2, 0.25) is 47.3 Å². The van der Waals surface area contributed by atoms with Gasteiger partial charge >= 0.3 is 18.3 Å². The highest BCUT2D eigenvalue weighted by atomic mass is 32.2. The van der Waals surface area contributed by atoms with Gasteiger partial charge in [-0.25, -0.2) is 41.9 Å². The molecule has 14 rings (SSSR count). The lowest BCUT2D eigenvalue weighted by Crippen LogP contribution is -2.51. The molecule has 7 saturated heterocycles. The summed E-state index contributed by atoms with van der Waals surface area (Å²) in [7, 11) is -1.92. The van der Waals surface area contributed by atoms with Gasteiger partial charge in [0.25, 0.3) is 11.8 Å². The molecule has 8 aliphatic rings. The third-order valence-corrected chi connectivity index (χ3v) is 29.6. The van der Waals surface area contributed by atoms with Crippen LogP contribution >= 0.6 is 0 Å². The number of halogens is 1. The van der Waals surface area contributed by atoms with E-state index in [0.29, 0.717) is 108 Å². The Morgan fingerprint density at radius 2 is 0.708 bits per heavy atom. The maximum atomic E-state index is 12.9. The summed E-state index contributed by atoms with van der Waals surface area (Å²) in [5.74, 6) is -1.58. The number of benzene rings is 6. The Kier molecular flexibility index (Phi) is 41.9. The van der Waals surface area contributed by atoms with E-state index in [0.717, 1.165) is 112 Å². The second-order valence-electron chi connectivity index (χ2n) is 41.2. The summed E-state index contributed by atoms with van der Waals surface area (Å²) in [6.45, 7) is 51.5. The number of likely N-dealkylation sites (tertiary alicyclic amines) is 7. The number of hydrogen-bond acceptors (Lipinski definition) is 19.